The number of hydrogen-bond donors (Lipinski definition) is 0. The molecule has 6 nitrogen and oxygen atoms in total. The Balaban J connectivity index is 1.69. The summed E-state index contributed by atoms with van der Waals surface area (Å²) in [6, 6.07) is 3.99. The van der Waals surface area contributed by atoms with Gasteiger partial charge < -0.3 is 19.1 Å². The molecule has 0 N–H and O–H groups in total. The fraction of sp³-hybridized carbons (Fsp3) is 0.650. The molecule has 0 saturated carbocycles. The van der Waals surface area contributed by atoms with Crippen LogP contribution in [0.2, 0.25) is 0 Å². The molecule has 2 fully saturated rings. The van der Waals surface area contributed by atoms with Crippen molar-refractivity contribution < 1.29 is 19.0 Å². The normalized spacial score (nSPS) is 20.9. The van der Waals surface area contributed by atoms with Gasteiger partial charge in [-0.1, -0.05) is 0 Å². The van der Waals surface area contributed by atoms with Gasteiger partial charge >= 0.3 is 0 Å². The number of piperidine rings is 1. The third-order valence-corrected chi connectivity index (χ3v) is 5.40. The molecule has 0 radical (unpaired) electrons. The maximum atomic E-state index is 12.7. The predicted molar refractivity (Wildman–Crippen MR) is 99.9 cm³/mol. The van der Waals surface area contributed by atoms with Crippen LogP contribution in [-0.4, -0.2) is 63.2 Å². The van der Waals surface area contributed by atoms with Gasteiger partial charge in [0, 0.05) is 26.2 Å². The first-order valence-electron chi connectivity index (χ1n) is 9.46. The highest BCUT2D eigenvalue weighted by molar-refractivity contribution is 5.79. The van der Waals surface area contributed by atoms with Gasteiger partial charge in [0.2, 0.25) is 11.7 Å². The molecule has 2 saturated heterocycles. The number of methoxy groups -OCH3 is 3. The van der Waals surface area contributed by atoms with E-state index in [4.69, 9.17) is 14.2 Å². The van der Waals surface area contributed by atoms with Gasteiger partial charge in [-0.05, 0) is 49.9 Å². The highest BCUT2D eigenvalue weighted by atomic mass is 16.5. The molecule has 0 unspecified atom stereocenters. The number of nitrogens with zero attached hydrogens (tertiary/aromatic N) is 2. The minimum absolute atomic E-state index is 0.129. The van der Waals surface area contributed by atoms with Crippen LogP contribution >= 0.6 is 0 Å². The Kier molecular flexibility index (Phi) is 6.25. The molecule has 2 heterocycles. The molecule has 0 spiro atoms. The molecule has 0 aromatic heterocycles. The van der Waals surface area contributed by atoms with Crippen molar-refractivity contribution in [3.63, 3.8) is 0 Å². The van der Waals surface area contributed by atoms with Gasteiger partial charge in [0.15, 0.2) is 11.5 Å². The number of carbonyl (C=O) groups is 1. The SMILES string of the molecule is COc1cc(CN2CCC[C@H](C(=O)N3CCCC3)C2)cc(OC)c1OC. The summed E-state index contributed by atoms with van der Waals surface area (Å²) < 4.78 is 16.3. The molecule has 1 amide bonds. The second-order valence-electron chi connectivity index (χ2n) is 7.14. The zero-order valence-corrected chi connectivity index (χ0v) is 16.1. The van der Waals surface area contributed by atoms with Crippen LogP contribution in [0.3, 0.4) is 0 Å². The number of ether oxygens (including phenoxy) is 3. The van der Waals surface area contributed by atoms with Gasteiger partial charge in [0.05, 0.1) is 27.2 Å². The maximum Gasteiger partial charge on any atom is 0.226 e. The van der Waals surface area contributed by atoms with E-state index in [1.807, 2.05) is 17.0 Å². The van der Waals surface area contributed by atoms with Crippen molar-refractivity contribution >= 4 is 5.91 Å². The van der Waals surface area contributed by atoms with E-state index < -0.39 is 0 Å². The van der Waals surface area contributed by atoms with Crippen LogP contribution in [0.1, 0.15) is 31.2 Å². The van der Waals surface area contributed by atoms with Crippen LogP contribution < -0.4 is 14.2 Å². The van der Waals surface area contributed by atoms with E-state index in [1.54, 1.807) is 21.3 Å². The van der Waals surface area contributed by atoms with Gasteiger partial charge in [-0.3, -0.25) is 9.69 Å². The van der Waals surface area contributed by atoms with Gasteiger partial charge in [0.25, 0.3) is 0 Å². The lowest BCUT2D eigenvalue weighted by molar-refractivity contribution is -0.136. The lowest BCUT2D eigenvalue weighted by Gasteiger charge is -2.34. The third kappa shape index (κ3) is 4.06. The number of benzene rings is 1. The lowest BCUT2D eigenvalue weighted by Crippen LogP contribution is -2.43. The highest BCUT2D eigenvalue weighted by Gasteiger charge is 2.30. The summed E-state index contributed by atoms with van der Waals surface area (Å²) in [5, 5.41) is 0. The number of likely N-dealkylation sites (tertiary alicyclic amines) is 2. The summed E-state index contributed by atoms with van der Waals surface area (Å²) in [5.41, 5.74) is 1.11. The van der Waals surface area contributed by atoms with Crippen LogP contribution in [0.5, 0.6) is 17.2 Å². The number of carbonyl (C=O) groups excluding carboxylic acids is 1. The summed E-state index contributed by atoms with van der Waals surface area (Å²) >= 11 is 0. The van der Waals surface area contributed by atoms with E-state index in [-0.39, 0.29) is 5.92 Å². The van der Waals surface area contributed by atoms with E-state index >= 15 is 0 Å². The molecule has 144 valence electrons. The Bertz CT molecular complexity index is 603. The molecule has 6 heteroatoms. The zero-order chi connectivity index (χ0) is 18.5. The second-order valence-corrected chi connectivity index (χ2v) is 7.14. The molecular formula is C20H30N2O4. The topological polar surface area (TPSA) is 51.2 Å². The summed E-state index contributed by atoms with van der Waals surface area (Å²) in [4.78, 5) is 17.1. The van der Waals surface area contributed by atoms with Crippen LogP contribution in [0, 0.1) is 5.92 Å². The first kappa shape index (κ1) is 18.8. The maximum absolute atomic E-state index is 12.7. The van der Waals surface area contributed by atoms with Crippen molar-refractivity contribution in [2.24, 2.45) is 5.92 Å². The number of amides is 1. The fourth-order valence-corrected chi connectivity index (χ4v) is 4.08. The van der Waals surface area contributed by atoms with E-state index in [0.29, 0.717) is 23.2 Å². The predicted octanol–water partition coefficient (Wildman–Crippen LogP) is 2.55. The molecule has 26 heavy (non-hydrogen) atoms. The summed E-state index contributed by atoms with van der Waals surface area (Å²) in [6.07, 6.45) is 4.36. The van der Waals surface area contributed by atoms with Gasteiger partial charge in [-0.25, -0.2) is 0 Å². The monoisotopic (exact) mass is 362 g/mol. The van der Waals surface area contributed by atoms with Crippen molar-refractivity contribution in [3.8, 4) is 17.2 Å². The van der Waals surface area contributed by atoms with Gasteiger partial charge in [0.1, 0.15) is 0 Å². The molecule has 1 aromatic carbocycles. The summed E-state index contributed by atoms with van der Waals surface area (Å²) in [5.74, 6) is 2.42. The van der Waals surface area contributed by atoms with E-state index in [1.165, 1.54) is 0 Å². The zero-order valence-electron chi connectivity index (χ0n) is 16.1. The Labute approximate surface area is 156 Å². The Hall–Kier alpha value is -1.95. The first-order chi connectivity index (χ1) is 12.7. The van der Waals surface area contributed by atoms with Crippen molar-refractivity contribution in [2.75, 3.05) is 47.5 Å². The average Bonchev–Trinajstić information content (AvgIpc) is 3.21. The molecule has 0 aliphatic carbocycles. The van der Waals surface area contributed by atoms with Gasteiger partial charge in [-0.2, -0.15) is 0 Å². The van der Waals surface area contributed by atoms with Crippen molar-refractivity contribution in [2.45, 2.75) is 32.2 Å². The largest absolute Gasteiger partial charge is 0.493 e. The quantitative estimate of drug-likeness (QED) is 0.778. The Morgan fingerprint density at radius 1 is 1.00 bits per heavy atom. The minimum Gasteiger partial charge on any atom is -0.493 e. The minimum atomic E-state index is 0.129. The van der Waals surface area contributed by atoms with Crippen LogP contribution in [0.25, 0.3) is 0 Å². The Morgan fingerprint density at radius 3 is 2.23 bits per heavy atom. The second kappa shape index (κ2) is 8.62. The highest BCUT2D eigenvalue weighted by Crippen LogP contribution is 2.38. The van der Waals surface area contributed by atoms with E-state index in [2.05, 4.69) is 4.90 Å². The fourth-order valence-electron chi connectivity index (χ4n) is 4.08. The molecule has 1 atom stereocenters. The average molecular weight is 362 g/mol. The first-order valence-corrected chi connectivity index (χ1v) is 9.46. The number of rotatable bonds is 6. The van der Waals surface area contributed by atoms with E-state index in [9.17, 15) is 4.79 Å². The lowest BCUT2D eigenvalue weighted by atomic mass is 9.96. The van der Waals surface area contributed by atoms with Crippen LogP contribution in [0.15, 0.2) is 12.1 Å². The molecule has 3 rings (SSSR count). The molecule has 0 bridgehead atoms. The van der Waals surface area contributed by atoms with E-state index in [0.717, 1.165) is 64.0 Å². The Morgan fingerprint density at radius 2 is 1.65 bits per heavy atom. The smallest absolute Gasteiger partial charge is 0.226 e. The van der Waals surface area contributed by atoms with Gasteiger partial charge in [-0.15, -0.1) is 0 Å². The van der Waals surface area contributed by atoms with Crippen LogP contribution in [0.4, 0.5) is 0 Å². The third-order valence-electron chi connectivity index (χ3n) is 5.40. The number of hydrogen-bond acceptors (Lipinski definition) is 5. The molecule has 2 aliphatic rings. The van der Waals surface area contributed by atoms with Crippen molar-refractivity contribution in [1.29, 1.82) is 0 Å². The molecular weight excluding hydrogens is 332 g/mol. The van der Waals surface area contributed by atoms with Crippen molar-refractivity contribution in [3.05, 3.63) is 17.7 Å². The summed E-state index contributed by atoms with van der Waals surface area (Å²) in [6.45, 7) is 4.48. The summed E-state index contributed by atoms with van der Waals surface area (Å²) in [7, 11) is 4.87. The van der Waals surface area contributed by atoms with Crippen LogP contribution in [-0.2, 0) is 11.3 Å². The van der Waals surface area contributed by atoms with Crippen molar-refractivity contribution in [1.82, 2.24) is 9.80 Å². The molecule has 1 aromatic rings. The molecule has 2 aliphatic heterocycles. The standard InChI is InChI=1S/C20H30N2O4/c1-24-17-11-15(12-18(25-2)19(17)26-3)13-21-8-6-7-16(14-21)20(23)22-9-4-5-10-22/h11-12,16H,4-10,13-14H2,1-3H3/t16-/m0/s1.